The van der Waals surface area contributed by atoms with Gasteiger partial charge in [-0.25, -0.2) is 13.1 Å². The second-order valence-corrected chi connectivity index (χ2v) is 6.68. The molecular formula is C13H17BN2O3S. The van der Waals surface area contributed by atoms with E-state index < -0.39 is 9.87 Å². The van der Waals surface area contributed by atoms with Gasteiger partial charge in [0.05, 0.1) is 0 Å². The van der Waals surface area contributed by atoms with Crippen molar-refractivity contribution in [3.8, 4) is 0 Å². The Hall–Kier alpha value is -1.60. The fourth-order valence-corrected chi connectivity index (χ4v) is 2.70. The fourth-order valence-electron chi connectivity index (χ4n) is 2.27. The van der Waals surface area contributed by atoms with Gasteiger partial charge in [-0.15, -0.1) is 6.58 Å². The number of hydrogen-bond acceptors (Lipinski definition) is 3. The Balaban J connectivity index is 2.23. The summed E-state index contributed by atoms with van der Waals surface area (Å²) < 4.78 is 24.7. The summed E-state index contributed by atoms with van der Waals surface area (Å²) in [6, 6.07) is 5.66. The normalized spacial score (nSPS) is 15.0. The van der Waals surface area contributed by atoms with Crippen molar-refractivity contribution in [1.82, 2.24) is 4.72 Å². The molecular weight excluding hydrogens is 275 g/mol. The topological polar surface area (TPSA) is 66.5 Å². The van der Waals surface area contributed by atoms with E-state index in [9.17, 15) is 13.2 Å². The monoisotopic (exact) mass is 292 g/mol. The van der Waals surface area contributed by atoms with Crippen molar-refractivity contribution in [3.63, 3.8) is 0 Å². The molecule has 0 saturated heterocycles. The van der Waals surface area contributed by atoms with E-state index in [2.05, 4.69) is 11.3 Å². The molecule has 0 fully saturated rings. The lowest BCUT2D eigenvalue weighted by molar-refractivity contribution is -0.118. The molecule has 5 nitrogen and oxygen atoms in total. The Morgan fingerprint density at radius 2 is 2.15 bits per heavy atom. The van der Waals surface area contributed by atoms with Gasteiger partial charge in [0.2, 0.25) is 5.91 Å². The van der Waals surface area contributed by atoms with Crippen LogP contribution in [0, 0.1) is 0 Å². The molecule has 20 heavy (non-hydrogen) atoms. The van der Waals surface area contributed by atoms with Gasteiger partial charge in [0.25, 0.3) is 7.12 Å². The van der Waals surface area contributed by atoms with Crippen LogP contribution in [0.15, 0.2) is 30.9 Å². The Kier molecular flexibility index (Phi) is 4.30. The van der Waals surface area contributed by atoms with Gasteiger partial charge in [-0.3, -0.25) is 4.79 Å². The van der Waals surface area contributed by atoms with Gasteiger partial charge in [-0.1, -0.05) is 18.2 Å². The van der Waals surface area contributed by atoms with Crippen LogP contribution in [0.3, 0.4) is 0 Å². The molecule has 0 radical (unpaired) electrons. The van der Waals surface area contributed by atoms with Crippen LogP contribution in [0.1, 0.15) is 17.5 Å². The second-order valence-electron chi connectivity index (χ2n) is 4.85. The molecule has 1 heterocycles. The van der Waals surface area contributed by atoms with E-state index in [1.165, 1.54) is 0 Å². The lowest BCUT2D eigenvalue weighted by Crippen LogP contribution is -2.35. The average molecular weight is 292 g/mol. The van der Waals surface area contributed by atoms with Crippen molar-refractivity contribution in [2.45, 2.75) is 19.4 Å². The Labute approximate surface area is 120 Å². The van der Waals surface area contributed by atoms with Crippen LogP contribution in [0.5, 0.6) is 0 Å². The summed E-state index contributed by atoms with van der Waals surface area (Å²) in [5, 5.41) is 0. The molecule has 0 unspecified atom stereocenters. The summed E-state index contributed by atoms with van der Waals surface area (Å²) in [7, 11) is -2.06. The van der Waals surface area contributed by atoms with E-state index in [0.717, 1.165) is 23.9 Å². The maximum absolute atomic E-state index is 11.9. The van der Waals surface area contributed by atoms with E-state index >= 15 is 0 Å². The van der Waals surface area contributed by atoms with E-state index in [4.69, 9.17) is 0 Å². The first-order chi connectivity index (χ1) is 9.40. The molecule has 106 valence electrons. The van der Waals surface area contributed by atoms with Crippen LogP contribution in [0.4, 0.5) is 5.69 Å². The number of carbonyl (C=O) groups excluding carboxylic acids is 1. The Morgan fingerprint density at radius 1 is 1.40 bits per heavy atom. The van der Waals surface area contributed by atoms with Gasteiger partial charge in [-0.05, 0) is 23.6 Å². The molecule has 1 N–H and O–H groups in total. The summed E-state index contributed by atoms with van der Waals surface area (Å²) >= 11 is 0. The number of hydrogen-bond donors (Lipinski definition) is 1. The number of aryl methyl sites for hydroxylation is 1. The van der Waals surface area contributed by atoms with Gasteiger partial charge in [0, 0.05) is 25.2 Å². The first kappa shape index (κ1) is 14.8. The van der Waals surface area contributed by atoms with E-state index in [-0.39, 0.29) is 12.5 Å². The molecule has 0 saturated carbocycles. The maximum atomic E-state index is 11.9. The Bertz CT molecular complexity index is 643. The summed E-state index contributed by atoms with van der Waals surface area (Å²) in [4.78, 5) is 13.6. The van der Waals surface area contributed by atoms with Crippen molar-refractivity contribution in [1.29, 1.82) is 0 Å². The standard InChI is InChI=1S/C13H17BN2O3S/c1-2-7-16-12-5-3-10(9-15-20(14,18)19)8-11(12)4-6-13(16)17/h2-3,5,8,15H,1,4,6-7,9,14H2. The first-order valence-corrected chi connectivity index (χ1v) is 8.27. The van der Waals surface area contributed by atoms with E-state index in [0.29, 0.717) is 19.4 Å². The number of carbonyl (C=O) groups is 1. The largest absolute Gasteiger partial charge is 0.308 e. The third kappa shape index (κ3) is 3.49. The number of nitrogens with one attached hydrogen (secondary N) is 1. The predicted molar refractivity (Wildman–Crippen MR) is 81.6 cm³/mol. The van der Waals surface area contributed by atoms with Crippen molar-refractivity contribution in [2.24, 2.45) is 0 Å². The highest BCUT2D eigenvalue weighted by Crippen LogP contribution is 2.28. The highest BCUT2D eigenvalue weighted by Gasteiger charge is 2.23. The zero-order valence-electron chi connectivity index (χ0n) is 11.4. The van der Waals surface area contributed by atoms with Crippen molar-refractivity contribution >= 4 is 28.6 Å². The minimum absolute atomic E-state index is 0.0967. The summed E-state index contributed by atoms with van der Waals surface area (Å²) in [5.41, 5.74) is 2.85. The number of amides is 1. The fraction of sp³-hybridized carbons (Fsp3) is 0.308. The molecule has 0 aliphatic carbocycles. The van der Waals surface area contributed by atoms with Gasteiger partial charge >= 0.3 is 0 Å². The number of fused-ring (bicyclic) bond motifs is 1. The summed E-state index contributed by atoms with van der Waals surface area (Å²) in [6.07, 6.45) is 2.87. The van der Waals surface area contributed by atoms with Gasteiger partial charge in [0.1, 0.15) is 0 Å². The second kappa shape index (κ2) is 5.81. The molecule has 1 aromatic carbocycles. The van der Waals surface area contributed by atoms with Crippen molar-refractivity contribution in [2.75, 3.05) is 11.4 Å². The molecule has 0 spiro atoms. The van der Waals surface area contributed by atoms with Crippen LogP contribution < -0.4 is 9.62 Å². The number of benzene rings is 1. The molecule has 2 rings (SSSR count). The molecule has 0 aromatic heterocycles. The van der Waals surface area contributed by atoms with Crippen LogP contribution in [0.25, 0.3) is 0 Å². The minimum atomic E-state index is -3.20. The van der Waals surface area contributed by atoms with Gasteiger partial charge < -0.3 is 4.90 Å². The maximum Gasteiger partial charge on any atom is 0.275 e. The van der Waals surface area contributed by atoms with Crippen molar-refractivity contribution in [3.05, 3.63) is 42.0 Å². The third-order valence-electron chi connectivity index (χ3n) is 3.19. The molecule has 0 bridgehead atoms. The van der Waals surface area contributed by atoms with E-state index in [1.54, 1.807) is 11.0 Å². The molecule has 1 amide bonds. The number of rotatable bonds is 5. The third-order valence-corrected chi connectivity index (χ3v) is 3.86. The molecule has 0 atom stereocenters. The quantitative estimate of drug-likeness (QED) is 0.619. The molecule has 1 aliphatic heterocycles. The minimum Gasteiger partial charge on any atom is -0.308 e. The van der Waals surface area contributed by atoms with Crippen LogP contribution in [-0.2, 0) is 27.6 Å². The van der Waals surface area contributed by atoms with Crippen LogP contribution >= 0.6 is 0 Å². The number of anilines is 1. The highest BCUT2D eigenvalue weighted by atomic mass is 32.2. The lowest BCUT2D eigenvalue weighted by Gasteiger charge is -2.28. The lowest BCUT2D eigenvalue weighted by atomic mass is 9.98. The van der Waals surface area contributed by atoms with Crippen LogP contribution in [-0.4, -0.2) is 28.0 Å². The van der Waals surface area contributed by atoms with E-state index in [1.807, 2.05) is 18.2 Å². The average Bonchev–Trinajstić information content (AvgIpc) is 2.39. The van der Waals surface area contributed by atoms with Gasteiger partial charge in [-0.2, -0.15) is 0 Å². The molecule has 7 heteroatoms. The van der Waals surface area contributed by atoms with Crippen LogP contribution in [0.2, 0.25) is 0 Å². The Morgan fingerprint density at radius 3 is 2.80 bits per heavy atom. The number of nitrogens with zero attached hydrogens (tertiary/aromatic N) is 1. The first-order valence-electron chi connectivity index (χ1n) is 6.38. The van der Waals surface area contributed by atoms with Gasteiger partial charge in [0.15, 0.2) is 9.87 Å². The molecule has 1 aromatic rings. The smallest absolute Gasteiger partial charge is 0.275 e. The zero-order chi connectivity index (χ0) is 14.8. The SMILES string of the molecule is BS(=O)(=O)NCc1ccc2c(c1)CCC(=O)N2CC=C. The zero-order valence-corrected chi connectivity index (χ0v) is 12.2. The summed E-state index contributed by atoms with van der Waals surface area (Å²) in [5.74, 6) is 0.0967. The predicted octanol–water partition coefficient (Wildman–Crippen LogP) is 0.119. The summed E-state index contributed by atoms with van der Waals surface area (Å²) in [6.45, 7) is 4.42. The highest BCUT2D eigenvalue weighted by molar-refractivity contribution is 8.10. The molecule has 1 aliphatic rings. The van der Waals surface area contributed by atoms with Crippen molar-refractivity contribution < 1.29 is 13.2 Å².